The summed E-state index contributed by atoms with van der Waals surface area (Å²) in [6.07, 6.45) is 0. The second-order valence-corrected chi connectivity index (χ2v) is 7.58. The third kappa shape index (κ3) is 5.10. The number of amides is 2. The van der Waals surface area contributed by atoms with Crippen LogP contribution >= 0.6 is 0 Å². The van der Waals surface area contributed by atoms with Crippen molar-refractivity contribution >= 4 is 28.9 Å². The monoisotopic (exact) mass is 424 g/mol. The van der Waals surface area contributed by atoms with Gasteiger partial charge in [-0.05, 0) is 56.7 Å². The molecule has 1 aliphatic heterocycles. The highest BCUT2D eigenvalue weighted by molar-refractivity contribution is 6.39. The molecule has 1 N–H and O–H groups in total. The Hall–Kier alpha value is -3.22. The summed E-state index contributed by atoms with van der Waals surface area (Å²) >= 11 is 0. The van der Waals surface area contributed by atoms with E-state index in [9.17, 15) is 9.59 Å². The summed E-state index contributed by atoms with van der Waals surface area (Å²) in [5, 5.41) is 2.79. The van der Waals surface area contributed by atoms with Gasteiger partial charge in [0, 0.05) is 50.6 Å². The molecule has 166 valence electrons. The van der Waals surface area contributed by atoms with Gasteiger partial charge in [0.25, 0.3) is 0 Å². The molecule has 0 saturated carbocycles. The van der Waals surface area contributed by atoms with Gasteiger partial charge >= 0.3 is 11.8 Å². The van der Waals surface area contributed by atoms with Gasteiger partial charge in [0.05, 0.1) is 12.8 Å². The second-order valence-electron chi connectivity index (χ2n) is 7.58. The van der Waals surface area contributed by atoms with E-state index < -0.39 is 11.8 Å². The molecule has 31 heavy (non-hydrogen) atoms. The molecule has 3 rings (SSSR count). The molecule has 0 bridgehead atoms. The van der Waals surface area contributed by atoms with Gasteiger partial charge in [-0.2, -0.15) is 0 Å². The van der Waals surface area contributed by atoms with Crippen molar-refractivity contribution in [1.29, 1.82) is 0 Å². The third-order valence-electron chi connectivity index (χ3n) is 5.77. The van der Waals surface area contributed by atoms with Crippen LogP contribution in [0.4, 0.5) is 17.1 Å². The number of ether oxygens (including phenoxy) is 1. The lowest BCUT2D eigenvalue weighted by Crippen LogP contribution is -2.51. The number of hydrogen-bond donors (Lipinski definition) is 1. The maximum Gasteiger partial charge on any atom is 0.313 e. The molecule has 0 unspecified atom stereocenters. The summed E-state index contributed by atoms with van der Waals surface area (Å²) < 4.78 is 5.44. The van der Waals surface area contributed by atoms with Gasteiger partial charge in [-0.1, -0.05) is 12.1 Å². The van der Waals surface area contributed by atoms with Crippen LogP contribution in [0.3, 0.4) is 0 Å². The molecular formula is C24H32N4O3. The Balaban J connectivity index is 1.59. The lowest BCUT2D eigenvalue weighted by Gasteiger charge is -2.36. The number of methoxy groups -OCH3 is 1. The summed E-state index contributed by atoms with van der Waals surface area (Å²) in [7, 11) is 1.65. The van der Waals surface area contributed by atoms with E-state index in [0.29, 0.717) is 31.9 Å². The maximum absolute atomic E-state index is 12.7. The van der Waals surface area contributed by atoms with Crippen molar-refractivity contribution in [1.82, 2.24) is 4.90 Å². The molecule has 0 aromatic heterocycles. The van der Waals surface area contributed by atoms with E-state index in [0.717, 1.165) is 35.8 Å². The van der Waals surface area contributed by atoms with Crippen molar-refractivity contribution in [3.05, 3.63) is 48.0 Å². The van der Waals surface area contributed by atoms with Gasteiger partial charge in [-0.25, -0.2) is 0 Å². The van der Waals surface area contributed by atoms with E-state index in [1.54, 1.807) is 12.0 Å². The number of anilines is 3. The number of carbonyl (C=O) groups is 2. The molecule has 1 aliphatic rings. The Bertz CT molecular complexity index is 919. The molecule has 1 fully saturated rings. The summed E-state index contributed by atoms with van der Waals surface area (Å²) in [4.78, 5) is 31.3. The lowest BCUT2D eigenvalue weighted by atomic mass is 10.1. The highest BCUT2D eigenvalue weighted by Gasteiger charge is 2.27. The largest absolute Gasteiger partial charge is 0.495 e. The molecule has 1 saturated heterocycles. The standard InChI is InChI=1S/C24H32N4O3/c1-5-26(6-2)19-11-12-20(18(3)17-19)25-23(29)24(30)28-15-13-27(14-16-28)21-9-7-8-10-22(21)31-4/h7-12,17H,5-6,13-16H2,1-4H3,(H,25,29). The number of rotatable bonds is 6. The zero-order chi connectivity index (χ0) is 22.4. The van der Waals surface area contributed by atoms with Crippen LogP contribution in [0.5, 0.6) is 5.75 Å². The molecule has 0 spiro atoms. The van der Waals surface area contributed by atoms with Crippen LogP contribution in [0.25, 0.3) is 0 Å². The van der Waals surface area contributed by atoms with Crippen LogP contribution in [0.1, 0.15) is 19.4 Å². The molecule has 0 aliphatic carbocycles. The molecule has 7 heteroatoms. The Kier molecular flexibility index (Phi) is 7.39. The van der Waals surface area contributed by atoms with E-state index in [2.05, 4.69) is 29.0 Å². The van der Waals surface area contributed by atoms with Crippen LogP contribution in [0.15, 0.2) is 42.5 Å². The van der Waals surface area contributed by atoms with Crippen LogP contribution < -0.4 is 19.9 Å². The summed E-state index contributed by atoms with van der Waals surface area (Å²) in [5.74, 6) is -0.278. The highest BCUT2D eigenvalue weighted by atomic mass is 16.5. The average molecular weight is 425 g/mol. The van der Waals surface area contributed by atoms with E-state index in [-0.39, 0.29) is 0 Å². The van der Waals surface area contributed by atoms with Gasteiger partial charge in [-0.15, -0.1) is 0 Å². The first-order valence-electron chi connectivity index (χ1n) is 10.8. The Morgan fingerprint density at radius 1 is 1.03 bits per heavy atom. The Morgan fingerprint density at radius 3 is 2.32 bits per heavy atom. The number of aryl methyl sites for hydroxylation is 1. The molecule has 1 heterocycles. The summed E-state index contributed by atoms with van der Waals surface area (Å²) in [6.45, 7) is 10.3. The Morgan fingerprint density at radius 2 is 1.71 bits per heavy atom. The Labute approximate surface area is 184 Å². The van der Waals surface area contributed by atoms with Crippen LogP contribution in [0, 0.1) is 6.92 Å². The third-order valence-corrected chi connectivity index (χ3v) is 5.77. The smallest absolute Gasteiger partial charge is 0.313 e. The van der Waals surface area contributed by atoms with Crippen molar-refractivity contribution < 1.29 is 14.3 Å². The van der Waals surface area contributed by atoms with E-state index in [4.69, 9.17) is 4.74 Å². The van der Waals surface area contributed by atoms with E-state index >= 15 is 0 Å². The van der Waals surface area contributed by atoms with Gasteiger partial charge in [0.1, 0.15) is 5.75 Å². The quantitative estimate of drug-likeness (QED) is 0.722. The van der Waals surface area contributed by atoms with Crippen molar-refractivity contribution in [2.45, 2.75) is 20.8 Å². The number of para-hydroxylation sites is 2. The average Bonchev–Trinajstić information content (AvgIpc) is 2.81. The first-order chi connectivity index (χ1) is 15.0. The fourth-order valence-corrected chi connectivity index (χ4v) is 3.93. The minimum atomic E-state index is -0.593. The fraction of sp³-hybridized carbons (Fsp3) is 0.417. The van der Waals surface area contributed by atoms with Gasteiger partial charge in [-0.3, -0.25) is 9.59 Å². The number of hydrogen-bond acceptors (Lipinski definition) is 5. The first kappa shape index (κ1) is 22.5. The zero-order valence-corrected chi connectivity index (χ0v) is 18.9. The van der Waals surface area contributed by atoms with Crippen molar-refractivity contribution in [2.75, 3.05) is 61.5 Å². The predicted octanol–water partition coefficient (Wildman–Crippen LogP) is 3.14. The normalized spacial score (nSPS) is 13.7. The highest BCUT2D eigenvalue weighted by Crippen LogP contribution is 2.28. The molecule has 2 aromatic rings. The molecule has 0 atom stereocenters. The van der Waals surface area contributed by atoms with Crippen molar-refractivity contribution in [3.8, 4) is 5.75 Å². The van der Waals surface area contributed by atoms with E-state index in [1.807, 2.05) is 49.4 Å². The molecule has 2 amide bonds. The number of nitrogens with zero attached hydrogens (tertiary/aromatic N) is 3. The number of benzene rings is 2. The van der Waals surface area contributed by atoms with Crippen LogP contribution in [-0.2, 0) is 9.59 Å². The zero-order valence-electron chi connectivity index (χ0n) is 18.9. The molecule has 7 nitrogen and oxygen atoms in total. The minimum Gasteiger partial charge on any atom is -0.495 e. The first-order valence-corrected chi connectivity index (χ1v) is 10.8. The summed E-state index contributed by atoms with van der Waals surface area (Å²) in [6, 6.07) is 13.7. The van der Waals surface area contributed by atoms with Gasteiger partial charge < -0.3 is 24.8 Å². The molecular weight excluding hydrogens is 392 g/mol. The number of nitrogens with one attached hydrogen (secondary N) is 1. The van der Waals surface area contributed by atoms with Crippen molar-refractivity contribution in [3.63, 3.8) is 0 Å². The van der Waals surface area contributed by atoms with Gasteiger partial charge in [0.2, 0.25) is 0 Å². The topological polar surface area (TPSA) is 65.1 Å². The number of piperazine rings is 1. The summed E-state index contributed by atoms with van der Waals surface area (Å²) in [5.41, 5.74) is 3.72. The SMILES string of the molecule is CCN(CC)c1ccc(NC(=O)C(=O)N2CCN(c3ccccc3OC)CC2)c(C)c1. The lowest BCUT2D eigenvalue weighted by molar-refractivity contribution is -0.143. The van der Waals surface area contributed by atoms with E-state index in [1.165, 1.54) is 0 Å². The minimum absolute atomic E-state index is 0.490. The number of carbonyl (C=O) groups excluding carboxylic acids is 2. The fourth-order valence-electron chi connectivity index (χ4n) is 3.93. The van der Waals surface area contributed by atoms with Crippen LogP contribution in [0.2, 0.25) is 0 Å². The van der Waals surface area contributed by atoms with Crippen LogP contribution in [-0.4, -0.2) is 63.1 Å². The van der Waals surface area contributed by atoms with Gasteiger partial charge in [0.15, 0.2) is 0 Å². The predicted molar refractivity (Wildman–Crippen MR) is 125 cm³/mol. The second kappa shape index (κ2) is 10.2. The van der Waals surface area contributed by atoms with Crippen molar-refractivity contribution in [2.24, 2.45) is 0 Å². The molecule has 0 radical (unpaired) electrons. The molecule has 2 aromatic carbocycles. The maximum atomic E-state index is 12.7.